The van der Waals surface area contributed by atoms with Crippen molar-refractivity contribution in [1.82, 2.24) is 14.8 Å². The van der Waals surface area contributed by atoms with Gasteiger partial charge in [-0.05, 0) is 53.6 Å². The fourth-order valence-corrected chi connectivity index (χ4v) is 4.31. The van der Waals surface area contributed by atoms with Gasteiger partial charge in [-0.15, -0.1) is 0 Å². The zero-order valence-electron chi connectivity index (χ0n) is 18.9. The van der Waals surface area contributed by atoms with Gasteiger partial charge in [-0.3, -0.25) is 19.7 Å². The Hall–Kier alpha value is -3.51. The molecule has 2 aliphatic heterocycles. The lowest BCUT2D eigenvalue weighted by Crippen LogP contribution is -2.48. The van der Waals surface area contributed by atoms with Crippen molar-refractivity contribution in [1.29, 1.82) is 0 Å². The standard InChI is InChI=1S/C27H28N4O2/c1-2-27(32)31-15-13-30(14-16-31)19-23-6-3-21-17-25(9-10-26(21)29-23)33-24-7-4-20(5-8-24)22-11-12-28-18-22/h3-12,17H,2,13-16,18-19H2,1H3. The van der Waals surface area contributed by atoms with Crippen LogP contribution in [0.3, 0.4) is 0 Å². The number of nitrogens with zero attached hydrogens (tertiary/aromatic N) is 4. The van der Waals surface area contributed by atoms with E-state index < -0.39 is 0 Å². The molecule has 3 aromatic rings. The Labute approximate surface area is 194 Å². The first kappa shape index (κ1) is 21.3. The number of allylic oxidation sites excluding steroid dienone is 1. The fourth-order valence-electron chi connectivity index (χ4n) is 4.31. The fraction of sp³-hybridized carbons (Fsp3) is 0.296. The monoisotopic (exact) mass is 440 g/mol. The molecular formula is C27H28N4O2. The number of aliphatic imine (C=N–C) groups is 1. The van der Waals surface area contributed by atoms with Crippen LogP contribution in [-0.4, -0.2) is 59.6 Å². The third-order valence-corrected chi connectivity index (χ3v) is 6.23. The molecule has 2 aromatic carbocycles. The number of pyridine rings is 1. The third kappa shape index (κ3) is 4.96. The van der Waals surface area contributed by atoms with Crippen LogP contribution >= 0.6 is 0 Å². The van der Waals surface area contributed by atoms with Gasteiger partial charge in [-0.2, -0.15) is 0 Å². The van der Waals surface area contributed by atoms with E-state index in [2.05, 4.69) is 34.2 Å². The van der Waals surface area contributed by atoms with E-state index in [0.717, 1.165) is 67.4 Å². The van der Waals surface area contributed by atoms with E-state index in [0.29, 0.717) is 6.42 Å². The average Bonchev–Trinajstić information content (AvgIpc) is 3.40. The van der Waals surface area contributed by atoms with Gasteiger partial charge in [0.2, 0.25) is 5.91 Å². The van der Waals surface area contributed by atoms with E-state index in [1.54, 1.807) is 0 Å². The molecule has 6 heteroatoms. The summed E-state index contributed by atoms with van der Waals surface area (Å²) >= 11 is 0. The van der Waals surface area contributed by atoms with Crippen LogP contribution in [0.4, 0.5) is 0 Å². The van der Waals surface area contributed by atoms with E-state index in [1.165, 1.54) is 11.1 Å². The van der Waals surface area contributed by atoms with Crippen LogP contribution < -0.4 is 4.74 Å². The maximum absolute atomic E-state index is 11.9. The first-order valence-corrected chi connectivity index (χ1v) is 11.5. The first-order chi connectivity index (χ1) is 16.2. The van der Waals surface area contributed by atoms with Gasteiger partial charge in [0.25, 0.3) is 0 Å². The quantitative estimate of drug-likeness (QED) is 0.564. The lowest BCUT2D eigenvalue weighted by atomic mass is 10.1. The zero-order valence-corrected chi connectivity index (χ0v) is 18.9. The Morgan fingerprint density at radius 2 is 1.76 bits per heavy atom. The Kier molecular flexibility index (Phi) is 6.17. The van der Waals surface area contributed by atoms with Crippen LogP contribution in [0.25, 0.3) is 16.5 Å². The maximum Gasteiger partial charge on any atom is 0.222 e. The number of hydrogen-bond donors (Lipinski definition) is 0. The van der Waals surface area contributed by atoms with Crippen molar-refractivity contribution in [2.24, 2.45) is 4.99 Å². The molecule has 2 aliphatic rings. The average molecular weight is 441 g/mol. The van der Waals surface area contributed by atoms with Gasteiger partial charge in [0.15, 0.2) is 0 Å². The summed E-state index contributed by atoms with van der Waals surface area (Å²) in [5.74, 6) is 1.85. The number of benzene rings is 2. The summed E-state index contributed by atoms with van der Waals surface area (Å²) in [6.45, 7) is 6.85. The summed E-state index contributed by atoms with van der Waals surface area (Å²) in [6, 6.07) is 18.3. The highest BCUT2D eigenvalue weighted by molar-refractivity contribution is 5.89. The van der Waals surface area contributed by atoms with E-state index >= 15 is 0 Å². The molecule has 1 aromatic heterocycles. The minimum Gasteiger partial charge on any atom is -0.457 e. The van der Waals surface area contributed by atoms with Crippen LogP contribution in [0.1, 0.15) is 24.6 Å². The molecule has 33 heavy (non-hydrogen) atoms. The first-order valence-electron chi connectivity index (χ1n) is 11.5. The molecule has 1 fully saturated rings. The van der Waals surface area contributed by atoms with Crippen molar-refractivity contribution in [3.05, 3.63) is 71.9 Å². The summed E-state index contributed by atoms with van der Waals surface area (Å²) < 4.78 is 6.08. The second-order valence-corrected chi connectivity index (χ2v) is 8.48. The molecule has 0 unspecified atom stereocenters. The van der Waals surface area contributed by atoms with Gasteiger partial charge >= 0.3 is 0 Å². The van der Waals surface area contributed by atoms with Crippen LogP contribution in [0, 0.1) is 0 Å². The van der Waals surface area contributed by atoms with Crippen molar-refractivity contribution in [3.8, 4) is 11.5 Å². The number of aromatic nitrogens is 1. The van der Waals surface area contributed by atoms with Crippen LogP contribution in [0.2, 0.25) is 0 Å². The molecule has 5 rings (SSSR count). The molecule has 1 saturated heterocycles. The molecule has 0 aliphatic carbocycles. The Bertz CT molecular complexity index is 1210. The molecule has 0 N–H and O–H groups in total. The number of carbonyl (C=O) groups excluding carboxylic acids is 1. The SMILES string of the molecule is CCC(=O)N1CCN(Cc2ccc3cc(Oc4ccc(C5=CC=NC5)cc4)ccc3n2)CC1. The highest BCUT2D eigenvalue weighted by Gasteiger charge is 2.20. The maximum atomic E-state index is 11.9. The minimum atomic E-state index is 0.244. The zero-order chi connectivity index (χ0) is 22.6. The second-order valence-electron chi connectivity index (χ2n) is 8.48. The molecule has 1 amide bonds. The summed E-state index contributed by atoms with van der Waals surface area (Å²) in [4.78, 5) is 25.3. The van der Waals surface area contributed by atoms with Gasteiger partial charge in [0.05, 0.1) is 17.8 Å². The highest BCUT2D eigenvalue weighted by atomic mass is 16.5. The van der Waals surface area contributed by atoms with Crippen molar-refractivity contribution < 1.29 is 9.53 Å². The molecule has 6 nitrogen and oxygen atoms in total. The number of fused-ring (bicyclic) bond motifs is 1. The van der Waals surface area contributed by atoms with E-state index in [-0.39, 0.29) is 5.91 Å². The number of ether oxygens (including phenoxy) is 1. The summed E-state index contributed by atoms with van der Waals surface area (Å²) in [5.41, 5.74) is 4.41. The Morgan fingerprint density at radius 1 is 0.970 bits per heavy atom. The highest BCUT2D eigenvalue weighted by Crippen LogP contribution is 2.27. The van der Waals surface area contributed by atoms with Crippen LogP contribution in [0.5, 0.6) is 11.5 Å². The van der Waals surface area contributed by atoms with Crippen molar-refractivity contribution in [2.45, 2.75) is 19.9 Å². The number of hydrogen-bond acceptors (Lipinski definition) is 5. The summed E-state index contributed by atoms with van der Waals surface area (Å²) in [7, 11) is 0. The number of carbonyl (C=O) groups is 1. The molecule has 0 bridgehead atoms. The molecule has 3 heterocycles. The van der Waals surface area contributed by atoms with Gasteiger partial charge < -0.3 is 9.64 Å². The number of piperazine rings is 1. The normalized spacial score (nSPS) is 16.3. The third-order valence-electron chi connectivity index (χ3n) is 6.23. The molecule has 0 spiro atoms. The van der Waals surface area contributed by atoms with Crippen molar-refractivity contribution in [2.75, 3.05) is 32.7 Å². The van der Waals surface area contributed by atoms with Crippen molar-refractivity contribution in [3.63, 3.8) is 0 Å². The molecule has 0 radical (unpaired) electrons. The minimum absolute atomic E-state index is 0.244. The second kappa shape index (κ2) is 9.55. The molecular weight excluding hydrogens is 412 g/mol. The lowest BCUT2D eigenvalue weighted by molar-refractivity contribution is -0.132. The topological polar surface area (TPSA) is 58.0 Å². The summed E-state index contributed by atoms with van der Waals surface area (Å²) in [5, 5.41) is 1.06. The van der Waals surface area contributed by atoms with Gasteiger partial charge in [-0.25, -0.2) is 0 Å². The number of rotatable bonds is 6. The largest absolute Gasteiger partial charge is 0.457 e. The Balaban J connectivity index is 1.22. The lowest BCUT2D eigenvalue weighted by Gasteiger charge is -2.34. The van der Waals surface area contributed by atoms with Gasteiger partial charge in [-0.1, -0.05) is 25.1 Å². The molecule has 0 atom stereocenters. The predicted octanol–water partition coefficient (Wildman–Crippen LogP) is 4.55. The van der Waals surface area contributed by atoms with Crippen LogP contribution in [-0.2, 0) is 11.3 Å². The van der Waals surface area contributed by atoms with E-state index in [9.17, 15) is 4.79 Å². The van der Waals surface area contributed by atoms with E-state index in [1.807, 2.05) is 54.4 Å². The predicted molar refractivity (Wildman–Crippen MR) is 132 cm³/mol. The Morgan fingerprint density at radius 3 is 2.48 bits per heavy atom. The van der Waals surface area contributed by atoms with Gasteiger partial charge in [0.1, 0.15) is 11.5 Å². The van der Waals surface area contributed by atoms with Gasteiger partial charge in [0, 0.05) is 50.7 Å². The number of amides is 1. The van der Waals surface area contributed by atoms with E-state index in [4.69, 9.17) is 9.72 Å². The van der Waals surface area contributed by atoms with Crippen molar-refractivity contribution >= 4 is 28.6 Å². The summed E-state index contributed by atoms with van der Waals surface area (Å²) in [6.07, 6.45) is 4.48. The molecule has 0 saturated carbocycles. The molecule has 168 valence electrons. The van der Waals surface area contributed by atoms with Crippen LogP contribution in [0.15, 0.2) is 65.7 Å². The smallest absolute Gasteiger partial charge is 0.222 e.